The molecular formula is C14H19N3O2S. The van der Waals surface area contributed by atoms with E-state index in [1.54, 1.807) is 12.3 Å². The molecule has 0 amide bonds. The molecule has 2 rings (SSSR count). The predicted octanol–water partition coefficient (Wildman–Crippen LogP) is 1.72. The average Bonchev–Trinajstić information content (AvgIpc) is 2.97. The molecule has 0 atom stereocenters. The van der Waals surface area contributed by atoms with Crippen molar-refractivity contribution in [3.05, 3.63) is 30.1 Å². The average molecular weight is 293 g/mol. The van der Waals surface area contributed by atoms with Crippen molar-refractivity contribution >= 4 is 10.0 Å². The number of aryl methyl sites for hydroxylation is 1. The number of sulfonamides is 1. The first kappa shape index (κ1) is 14.9. The second-order valence-electron chi connectivity index (χ2n) is 5.03. The van der Waals surface area contributed by atoms with Gasteiger partial charge in [0.1, 0.15) is 6.54 Å². The van der Waals surface area contributed by atoms with Gasteiger partial charge in [-0.05, 0) is 25.0 Å². The lowest BCUT2D eigenvalue weighted by atomic mass is 10.2. The van der Waals surface area contributed by atoms with Crippen molar-refractivity contribution in [3.63, 3.8) is 0 Å². The standard InChI is InChI=1S/C14H19N3O2S/c15-9-11-17(14-6-1-2-7-14)20(18,19)12-8-13-5-3-4-10-16-13/h3-5,10,14H,1-2,6-8,11-12H2. The van der Waals surface area contributed by atoms with E-state index in [-0.39, 0.29) is 18.3 Å². The molecule has 108 valence electrons. The summed E-state index contributed by atoms with van der Waals surface area (Å²) in [5.41, 5.74) is 0.763. The fourth-order valence-electron chi connectivity index (χ4n) is 2.61. The smallest absolute Gasteiger partial charge is 0.215 e. The Hall–Kier alpha value is -1.45. The molecule has 0 spiro atoms. The number of hydrogen-bond donors (Lipinski definition) is 0. The van der Waals surface area contributed by atoms with E-state index in [4.69, 9.17) is 5.26 Å². The van der Waals surface area contributed by atoms with Gasteiger partial charge < -0.3 is 0 Å². The van der Waals surface area contributed by atoms with Crippen LogP contribution < -0.4 is 0 Å². The third-order valence-corrected chi connectivity index (χ3v) is 5.52. The van der Waals surface area contributed by atoms with Crippen LogP contribution in [0.4, 0.5) is 0 Å². The molecule has 0 bridgehead atoms. The van der Waals surface area contributed by atoms with Crippen molar-refractivity contribution in [1.82, 2.24) is 9.29 Å². The number of pyridine rings is 1. The number of nitrogens with zero attached hydrogens (tertiary/aromatic N) is 3. The molecule has 1 aliphatic carbocycles. The first-order valence-corrected chi connectivity index (χ1v) is 8.51. The molecule has 1 aromatic heterocycles. The number of nitriles is 1. The van der Waals surface area contributed by atoms with E-state index in [0.29, 0.717) is 6.42 Å². The summed E-state index contributed by atoms with van der Waals surface area (Å²) in [6, 6.07) is 7.45. The Balaban J connectivity index is 2.04. The van der Waals surface area contributed by atoms with Gasteiger partial charge in [0, 0.05) is 24.4 Å². The van der Waals surface area contributed by atoms with Crippen LogP contribution in [0.5, 0.6) is 0 Å². The van der Waals surface area contributed by atoms with Gasteiger partial charge >= 0.3 is 0 Å². The first-order valence-electron chi connectivity index (χ1n) is 6.90. The van der Waals surface area contributed by atoms with Gasteiger partial charge in [0.05, 0.1) is 11.8 Å². The third kappa shape index (κ3) is 3.78. The fraction of sp³-hybridized carbons (Fsp3) is 0.571. The minimum absolute atomic E-state index is 0.00313. The molecule has 0 N–H and O–H groups in total. The van der Waals surface area contributed by atoms with Crippen molar-refractivity contribution in [2.24, 2.45) is 0 Å². The normalized spacial score (nSPS) is 16.4. The quantitative estimate of drug-likeness (QED) is 0.749. The molecule has 0 saturated heterocycles. The summed E-state index contributed by atoms with van der Waals surface area (Å²) >= 11 is 0. The second-order valence-corrected chi connectivity index (χ2v) is 7.07. The first-order chi connectivity index (χ1) is 9.63. The third-order valence-electron chi connectivity index (χ3n) is 3.66. The van der Waals surface area contributed by atoms with Crippen LogP contribution in [-0.4, -0.2) is 36.0 Å². The van der Waals surface area contributed by atoms with Gasteiger partial charge in [0.15, 0.2) is 0 Å². The molecule has 1 fully saturated rings. The number of aromatic nitrogens is 1. The highest BCUT2D eigenvalue weighted by Gasteiger charge is 2.31. The maximum atomic E-state index is 12.4. The lowest BCUT2D eigenvalue weighted by Crippen LogP contribution is -2.40. The Kier molecular flexibility index (Phi) is 5.10. The zero-order valence-corrected chi connectivity index (χ0v) is 12.2. The molecule has 6 heteroatoms. The van der Waals surface area contributed by atoms with Crippen LogP contribution in [0, 0.1) is 11.3 Å². The minimum Gasteiger partial charge on any atom is -0.261 e. The monoisotopic (exact) mass is 293 g/mol. The minimum atomic E-state index is -3.40. The largest absolute Gasteiger partial charge is 0.261 e. The Labute approximate surface area is 120 Å². The van der Waals surface area contributed by atoms with Crippen molar-refractivity contribution in [2.75, 3.05) is 12.3 Å². The van der Waals surface area contributed by atoms with Crippen LogP contribution >= 0.6 is 0 Å². The van der Waals surface area contributed by atoms with Gasteiger partial charge in [0.2, 0.25) is 10.0 Å². The Morgan fingerprint density at radius 1 is 1.35 bits per heavy atom. The van der Waals surface area contributed by atoms with Gasteiger partial charge in [-0.15, -0.1) is 0 Å². The predicted molar refractivity (Wildman–Crippen MR) is 76.3 cm³/mol. The van der Waals surface area contributed by atoms with Crippen LogP contribution in [0.15, 0.2) is 24.4 Å². The molecule has 1 saturated carbocycles. The van der Waals surface area contributed by atoms with E-state index >= 15 is 0 Å². The highest BCUT2D eigenvalue weighted by atomic mass is 32.2. The molecule has 0 unspecified atom stereocenters. The van der Waals surface area contributed by atoms with E-state index in [2.05, 4.69) is 4.98 Å². The van der Waals surface area contributed by atoms with E-state index in [0.717, 1.165) is 31.4 Å². The molecule has 1 aliphatic rings. The Bertz CT molecular complexity index is 560. The van der Waals surface area contributed by atoms with E-state index < -0.39 is 10.0 Å². The summed E-state index contributed by atoms with van der Waals surface area (Å²) in [6.45, 7) is -0.0464. The molecule has 0 aromatic carbocycles. The molecule has 1 heterocycles. The summed E-state index contributed by atoms with van der Waals surface area (Å²) in [7, 11) is -3.40. The van der Waals surface area contributed by atoms with Crippen LogP contribution in [-0.2, 0) is 16.4 Å². The van der Waals surface area contributed by atoms with Crippen LogP contribution in [0.2, 0.25) is 0 Å². The Morgan fingerprint density at radius 2 is 2.10 bits per heavy atom. The summed E-state index contributed by atoms with van der Waals surface area (Å²) in [5.74, 6) is 0.0161. The van der Waals surface area contributed by atoms with Gasteiger partial charge in [-0.3, -0.25) is 4.98 Å². The lowest BCUT2D eigenvalue weighted by molar-refractivity contribution is 0.350. The lowest BCUT2D eigenvalue weighted by Gasteiger charge is -2.25. The summed E-state index contributed by atoms with van der Waals surface area (Å²) in [6.07, 6.45) is 5.86. The SMILES string of the molecule is N#CCN(C1CCCC1)S(=O)(=O)CCc1ccccn1. The van der Waals surface area contributed by atoms with Gasteiger partial charge in [-0.1, -0.05) is 18.9 Å². The van der Waals surface area contributed by atoms with Crippen molar-refractivity contribution < 1.29 is 8.42 Å². The van der Waals surface area contributed by atoms with Gasteiger partial charge in [-0.25, -0.2) is 8.42 Å². The van der Waals surface area contributed by atoms with E-state index in [9.17, 15) is 8.42 Å². The topological polar surface area (TPSA) is 74.1 Å². The van der Waals surface area contributed by atoms with Crippen LogP contribution in [0.3, 0.4) is 0 Å². The van der Waals surface area contributed by atoms with Crippen LogP contribution in [0.25, 0.3) is 0 Å². The molecule has 1 aromatic rings. The van der Waals surface area contributed by atoms with E-state index in [1.165, 1.54) is 4.31 Å². The summed E-state index contributed by atoms with van der Waals surface area (Å²) < 4.78 is 26.2. The molecule has 5 nitrogen and oxygen atoms in total. The van der Waals surface area contributed by atoms with Crippen molar-refractivity contribution in [1.29, 1.82) is 5.26 Å². The van der Waals surface area contributed by atoms with Crippen LogP contribution in [0.1, 0.15) is 31.4 Å². The van der Waals surface area contributed by atoms with E-state index in [1.807, 2.05) is 18.2 Å². The second kappa shape index (κ2) is 6.82. The zero-order valence-electron chi connectivity index (χ0n) is 11.4. The Morgan fingerprint density at radius 3 is 2.70 bits per heavy atom. The maximum absolute atomic E-state index is 12.4. The highest BCUT2D eigenvalue weighted by molar-refractivity contribution is 7.89. The fourth-order valence-corrected chi connectivity index (χ4v) is 4.23. The summed E-state index contributed by atoms with van der Waals surface area (Å²) in [5, 5.41) is 8.88. The van der Waals surface area contributed by atoms with Gasteiger partial charge in [-0.2, -0.15) is 9.57 Å². The number of hydrogen-bond acceptors (Lipinski definition) is 4. The maximum Gasteiger partial charge on any atom is 0.215 e. The highest BCUT2D eigenvalue weighted by Crippen LogP contribution is 2.25. The molecule has 20 heavy (non-hydrogen) atoms. The molecular weight excluding hydrogens is 274 g/mol. The molecule has 0 radical (unpaired) electrons. The summed E-state index contributed by atoms with van der Waals surface area (Å²) in [4.78, 5) is 4.14. The van der Waals surface area contributed by atoms with Crippen molar-refractivity contribution in [2.45, 2.75) is 38.1 Å². The van der Waals surface area contributed by atoms with Crippen molar-refractivity contribution in [3.8, 4) is 6.07 Å². The molecule has 0 aliphatic heterocycles. The van der Waals surface area contributed by atoms with Gasteiger partial charge in [0.25, 0.3) is 0 Å². The zero-order chi connectivity index (χ0) is 14.4. The number of rotatable bonds is 6.